The average Bonchev–Trinajstić information content (AvgIpc) is 2.44. The smallest absolute Gasteiger partial charge is 0.138 e. The van der Waals surface area contributed by atoms with E-state index in [1.165, 1.54) is 11.1 Å². The van der Waals surface area contributed by atoms with Gasteiger partial charge in [-0.05, 0) is 47.5 Å². The number of ether oxygens (including phenoxy) is 1. The molecular formula is C17H19Br2NO. The van der Waals surface area contributed by atoms with Gasteiger partial charge in [0, 0.05) is 23.1 Å². The predicted octanol–water partition coefficient (Wildman–Crippen LogP) is 5.21. The van der Waals surface area contributed by atoms with Crippen LogP contribution >= 0.6 is 31.9 Å². The molecule has 0 aliphatic heterocycles. The largest absolute Gasteiger partial charge is 0.492 e. The lowest BCUT2D eigenvalue weighted by Crippen LogP contribution is -2.14. The van der Waals surface area contributed by atoms with E-state index in [9.17, 15) is 0 Å². The number of rotatable bonds is 6. The van der Waals surface area contributed by atoms with Crippen LogP contribution in [0.3, 0.4) is 0 Å². The molecule has 0 aliphatic rings. The van der Waals surface area contributed by atoms with E-state index in [1.54, 1.807) is 0 Å². The van der Waals surface area contributed by atoms with Gasteiger partial charge in [-0.25, -0.2) is 0 Å². The Kier molecular flexibility index (Phi) is 6.27. The van der Waals surface area contributed by atoms with E-state index >= 15 is 0 Å². The summed E-state index contributed by atoms with van der Waals surface area (Å²) in [6.07, 6.45) is 0. The first-order chi connectivity index (χ1) is 10.1. The molecule has 2 rings (SSSR count). The zero-order valence-corrected chi connectivity index (χ0v) is 15.4. The van der Waals surface area contributed by atoms with Crippen LogP contribution in [0.4, 0.5) is 0 Å². The standard InChI is InChI=1S/C17H19Br2NO/c1-3-21-17-14(8-15(18)9-16(17)19)11-20-10-13-6-4-12(2)5-7-13/h4-9,20H,3,10-11H2,1-2H3. The van der Waals surface area contributed by atoms with Gasteiger partial charge < -0.3 is 10.1 Å². The van der Waals surface area contributed by atoms with Crippen LogP contribution in [0.1, 0.15) is 23.6 Å². The number of nitrogens with one attached hydrogen (secondary N) is 1. The van der Waals surface area contributed by atoms with Crippen molar-refractivity contribution in [2.45, 2.75) is 26.9 Å². The van der Waals surface area contributed by atoms with E-state index in [4.69, 9.17) is 4.74 Å². The number of halogens is 2. The van der Waals surface area contributed by atoms with Crippen LogP contribution in [0.15, 0.2) is 45.3 Å². The second-order valence-corrected chi connectivity index (χ2v) is 6.67. The molecule has 4 heteroatoms. The molecule has 0 atom stereocenters. The predicted molar refractivity (Wildman–Crippen MR) is 94.7 cm³/mol. The van der Waals surface area contributed by atoms with Crippen LogP contribution in [0.5, 0.6) is 5.75 Å². The molecule has 112 valence electrons. The highest BCUT2D eigenvalue weighted by Crippen LogP contribution is 2.33. The molecule has 0 radical (unpaired) electrons. The number of benzene rings is 2. The highest BCUT2D eigenvalue weighted by atomic mass is 79.9. The molecule has 0 heterocycles. The lowest BCUT2D eigenvalue weighted by Gasteiger charge is -2.14. The summed E-state index contributed by atoms with van der Waals surface area (Å²) in [5.41, 5.74) is 3.71. The fraction of sp³-hybridized carbons (Fsp3) is 0.294. The van der Waals surface area contributed by atoms with Crippen molar-refractivity contribution < 1.29 is 4.74 Å². The fourth-order valence-electron chi connectivity index (χ4n) is 2.10. The van der Waals surface area contributed by atoms with Gasteiger partial charge in [0.1, 0.15) is 5.75 Å². The quantitative estimate of drug-likeness (QED) is 0.703. The van der Waals surface area contributed by atoms with Crippen LogP contribution in [-0.4, -0.2) is 6.61 Å². The summed E-state index contributed by atoms with van der Waals surface area (Å²) in [5, 5.41) is 3.47. The van der Waals surface area contributed by atoms with E-state index in [0.29, 0.717) is 6.61 Å². The molecule has 0 aliphatic carbocycles. The van der Waals surface area contributed by atoms with Crippen LogP contribution < -0.4 is 10.1 Å². The first-order valence-electron chi connectivity index (χ1n) is 6.97. The maximum Gasteiger partial charge on any atom is 0.138 e. The van der Waals surface area contributed by atoms with Gasteiger partial charge in [-0.2, -0.15) is 0 Å². The van der Waals surface area contributed by atoms with Crippen LogP contribution in [-0.2, 0) is 13.1 Å². The van der Waals surface area contributed by atoms with E-state index < -0.39 is 0 Å². The monoisotopic (exact) mass is 411 g/mol. The molecule has 2 aromatic rings. The summed E-state index contributed by atoms with van der Waals surface area (Å²) < 4.78 is 7.76. The third-order valence-corrected chi connectivity index (χ3v) is 4.19. The Balaban J connectivity index is 2.03. The van der Waals surface area contributed by atoms with Crippen molar-refractivity contribution in [1.29, 1.82) is 0 Å². The lowest BCUT2D eigenvalue weighted by molar-refractivity contribution is 0.333. The molecule has 2 aromatic carbocycles. The van der Waals surface area contributed by atoms with Gasteiger partial charge in [-0.3, -0.25) is 0 Å². The molecular weight excluding hydrogens is 394 g/mol. The Morgan fingerprint density at radius 1 is 1.05 bits per heavy atom. The Labute approximate surface area is 143 Å². The van der Waals surface area contributed by atoms with Crippen molar-refractivity contribution in [3.63, 3.8) is 0 Å². The average molecular weight is 413 g/mol. The van der Waals surface area contributed by atoms with Crippen molar-refractivity contribution >= 4 is 31.9 Å². The number of hydrogen-bond donors (Lipinski definition) is 1. The van der Waals surface area contributed by atoms with E-state index in [1.807, 2.05) is 13.0 Å². The molecule has 0 spiro atoms. The van der Waals surface area contributed by atoms with E-state index in [0.717, 1.165) is 33.3 Å². The fourth-order valence-corrected chi connectivity index (χ4v) is 3.53. The van der Waals surface area contributed by atoms with E-state index in [-0.39, 0.29) is 0 Å². The highest BCUT2D eigenvalue weighted by Gasteiger charge is 2.09. The minimum Gasteiger partial charge on any atom is -0.492 e. The van der Waals surface area contributed by atoms with Gasteiger partial charge in [-0.1, -0.05) is 45.8 Å². The molecule has 0 saturated carbocycles. The summed E-state index contributed by atoms with van der Waals surface area (Å²) >= 11 is 7.09. The summed E-state index contributed by atoms with van der Waals surface area (Å²) in [6.45, 7) is 6.37. The first kappa shape index (κ1) is 16.5. The highest BCUT2D eigenvalue weighted by molar-refractivity contribution is 9.11. The van der Waals surface area contributed by atoms with Gasteiger partial charge in [0.2, 0.25) is 0 Å². The third kappa shape index (κ3) is 4.83. The van der Waals surface area contributed by atoms with Gasteiger partial charge in [0.15, 0.2) is 0 Å². The van der Waals surface area contributed by atoms with Gasteiger partial charge in [0.25, 0.3) is 0 Å². The minimum atomic E-state index is 0.658. The Hall–Kier alpha value is -0.840. The molecule has 0 fully saturated rings. The Bertz CT molecular complexity index is 596. The molecule has 2 nitrogen and oxygen atoms in total. The van der Waals surface area contributed by atoms with Gasteiger partial charge in [0.05, 0.1) is 11.1 Å². The van der Waals surface area contributed by atoms with Crippen LogP contribution in [0.25, 0.3) is 0 Å². The molecule has 0 amide bonds. The lowest BCUT2D eigenvalue weighted by atomic mass is 10.1. The second kappa shape index (κ2) is 7.97. The van der Waals surface area contributed by atoms with Gasteiger partial charge in [-0.15, -0.1) is 0 Å². The van der Waals surface area contributed by atoms with Crippen molar-refractivity contribution in [3.8, 4) is 5.75 Å². The van der Waals surface area contributed by atoms with Crippen molar-refractivity contribution in [1.82, 2.24) is 5.32 Å². The molecule has 0 unspecified atom stereocenters. The number of hydrogen-bond acceptors (Lipinski definition) is 2. The summed E-state index contributed by atoms with van der Waals surface area (Å²) in [7, 11) is 0. The first-order valence-corrected chi connectivity index (χ1v) is 8.55. The number of aryl methyl sites for hydroxylation is 1. The Morgan fingerprint density at radius 2 is 1.76 bits per heavy atom. The summed E-state index contributed by atoms with van der Waals surface area (Å²) in [4.78, 5) is 0. The zero-order chi connectivity index (χ0) is 15.2. The van der Waals surface area contributed by atoms with Crippen LogP contribution in [0.2, 0.25) is 0 Å². The minimum absolute atomic E-state index is 0.658. The van der Waals surface area contributed by atoms with Crippen molar-refractivity contribution in [3.05, 3.63) is 62.0 Å². The van der Waals surface area contributed by atoms with E-state index in [2.05, 4.69) is 74.4 Å². The zero-order valence-electron chi connectivity index (χ0n) is 12.2. The van der Waals surface area contributed by atoms with Crippen LogP contribution in [0, 0.1) is 6.92 Å². The normalized spacial score (nSPS) is 10.7. The van der Waals surface area contributed by atoms with Crippen molar-refractivity contribution in [2.75, 3.05) is 6.61 Å². The maximum atomic E-state index is 5.73. The Morgan fingerprint density at radius 3 is 2.43 bits per heavy atom. The summed E-state index contributed by atoms with van der Waals surface area (Å²) in [6, 6.07) is 12.7. The molecule has 1 N–H and O–H groups in total. The second-order valence-electron chi connectivity index (χ2n) is 4.90. The van der Waals surface area contributed by atoms with Crippen molar-refractivity contribution in [2.24, 2.45) is 0 Å². The molecule has 0 bridgehead atoms. The maximum absolute atomic E-state index is 5.73. The molecule has 0 aromatic heterocycles. The third-order valence-electron chi connectivity index (χ3n) is 3.14. The molecule has 21 heavy (non-hydrogen) atoms. The molecule has 0 saturated heterocycles. The SMILES string of the molecule is CCOc1c(Br)cc(Br)cc1CNCc1ccc(C)cc1. The summed E-state index contributed by atoms with van der Waals surface area (Å²) in [5.74, 6) is 0.914. The topological polar surface area (TPSA) is 21.3 Å². The van der Waals surface area contributed by atoms with Gasteiger partial charge >= 0.3 is 0 Å².